The fourth-order valence-corrected chi connectivity index (χ4v) is 1.14. The molecule has 1 aromatic heterocycles. The molecule has 1 heterocycles. The average Bonchev–Trinajstić information content (AvgIpc) is 2.02. The summed E-state index contributed by atoms with van der Waals surface area (Å²) >= 11 is 0. The van der Waals surface area contributed by atoms with Gasteiger partial charge in [0, 0.05) is 11.4 Å². The molecule has 0 aliphatic rings. The Bertz CT molecular complexity index is 292. The molecule has 3 nitrogen and oxygen atoms in total. The highest BCUT2D eigenvalue weighted by molar-refractivity contribution is 5.50. The summed E-state index contributed by atoms with van der Waals surface area (Å²) in [5.41, 5.74) is 5.56. The van der Waals surface area contributed by atoms with Crippen LogP contribution in [0, 0.1) is 6.92 Å². The minimum absolute atomic E-state index is 0.0217. The molecule has 0 bridgehead atoms. The normalized spacial score (nSPS) is 10.8. The molecule has 0 aliphatic heterocycles. The van der Waals surface area contributed by atoms with Crippen molar-refractivity contribution in [1.82, 2.24) is 4.98 Å². The lowest BCUT2D eigenvalue weighted by Crippen LogP contribution is -2.03. The standard InChI is InChI=1S/C8H10F2N2O/c1-4-7(8(9)10)6(11)2-5(3-13)12-4/h2,8,13H,3H2,1H3,(H2,11,12). The summed E-state index contributed by atoms with van der Waals surface area (Å²) in [6, 6.07) is 1.26. The number of nitrogens with two attached hydrogens (primary N) is 1. The summed E-state index contributed by atoms with van der Waals surface area (Å²) in [6.07, 6.45) is -2.62. The van der Waals surface area contributed by atoms with Gasteiger partial charge in [-0.1, -0.05) is 0 Å². The first-order chi connectivity index (χ1) is 6.06. The van der Waals surface area contributed by atoms with E-state index in [0.717, 1.165) is 0 Å². The van der Waals surface area contributed by atoms with Crippen LogP contribution in [0.1, 0.15) is 23.4 Å². The molecule has 0 aliphatic carbocycles. The molecule has 0 spiro atoms. The molecule has 3 N–H and O–H groups in total. The first kappa shape index (κ1) is 9.85. The zero-order chi connectivity index (χ0) is 10.0. The summed E-state index contributed by atoms with van der Waals surface area (Å²) in [4.78, 5) is 3.76. The second kappa shape index (κ2) is 3.66. The summed E-state index contributed by atoms with van der Waals surface area (Å²) in [7, 11) is 0. The van der Waals surface area contributed by atoms with E-state index in [2.05, 4.69) is 4.98 Å². The summed E-state index contributed by atoms with van der Waals surface area (Å²) in [5, 5.41) is 8.71. The van der Waals surface area contributed by atoms with E-state index in [4.69, 9.17) is 10.8 Å². The third kappa shape index (κ3) is 1.92. The Balaban J connectivity index is 3.23. The fraction of sp³-hybridized carbons (Fsp3) is 0.375. The van der Waals surface area contributed by atoms with Crippen molar-refractivity contribution in [3.05, 3.63) is 23.0 Å². The van der Waals surface area contributed by atoms with E-state index in [0.29, 0.717) is 5.69 Å². The number of aliphatic hydroxyl groups is 1. The van der Waals surface area contributed by atoms with Gasteiger partial charge in [-0.15, -0.1) is 0 Å². The first-order valence-corrected chi connectivity index (χ1v) is 3.71. The molecule has 72 valence electrons. The summed E-state index contributed by atoms with van der Waals surface area (Å²) in [5.74, 6) is 0. The Morgan fingerprint density at radius 2 is 2.23 bits per heavy atom. The smallest absolute Gasteiger partial charge is 0.267 e. The molecule has 0 aromatic carbocycles. The van der Waals surface area contributed by atoms with Crippen molar-refractivity contribution < 1.29 is 13.9 Å². The van der Waals surface area contributed by atoms with Crippen LogP contribution in [0.15, 0.2) is 6.07 Å². The Labute approximate surface area is 74.2 Å². The van der Waals surface area contributed by atoms with Gasteiger partial charge in [-0.2, -0.15) is 0 Å². The van der Waals surface area contributed by atoms with Gasteiger partial charge >= 0.3 is 0 Å². The quantitative estimate of drug-likeness (QED) is 0.737. The lowest BCUT2D eigenvalue weighted by atomic mass is 10.1. The molecule has 0 radical (unpaired) electrons. The Kier molecular flexibility index (Phi) is 2.77. The van der Waals surface area contributed by atoms with Crippen LogP contribution in [-0.2, 0) is 6.61 Å². The van der Waals surface area contributed by atoms with Gasteiger partial charge in [-0.05, 0) is 13.0 Å². The largest absolute Gasteiger partial charge is 0.398 e. The predicted octanol–water partition coefficient (Wildman–Crippen LogP) is 1.40. The predicted molar refractivity (Wildman–Crippen MR) is 44.3 cm³/mol. The highest BCUT2D eigenvalue weighted by Gasteiger charge is 2.16. The van der Waals surface area contributed by atoms with Crippen LogP contribution in [0.25, 0.3) is 0 Å². The van der Waals surface area contributed by atoms with Crippen LogP contribution in [0.4, 0.5) is 14.5 Å². The van der Waals surface area contributed by atoms with Crippen molar-refractivity contribution in [3.63, 3.8) is 0 Å². The number of alkyl halides is 2. The zero-order valence-electron chi connectivity index (χ0n) is 7.09. The van der Waals surface area contributed by atoms with Gasteiger partial charge in [0.05, 0.1) is 17.9 Å². The minimum atomic E-state index is -2.62. The fourth-order valence-electron chi connectivity index (χ4n) is 1.14. The Morgan fingerprint density at radius 1 is 1.62 bits per heavy atom. The average molecular weight is 188 g/mol. The highest BCUT2D eigenvalue weighted by atomic mass is 19.3. The van der Waals surface area contributed by atoms with Crippen molar-refractivity contribution in [2.45, 2.75) is 20.0 Å². The van der Waals surface area contributed by atoms with Crippen molar-refractivity contribution in [2.75, 3.05) is 5.73 Å². The molecule has 1 rings (SSSR count). The van der Waals surface area contributed by atoms with Crippen molar-refractivity contribution in [3.8, 4) is 0 Å². The molecule has 0 saturated carbocycles. The van der Waals surface area contributed by atoms with E-state index in [9.17, 15) is 8.78 Å². The van der Waals surface area contributed by atoms with E-state index < -0.39 is 6.43 Å². The number of aliphatic hydroxyl groups excluding tert-OH is 1. The SMILES string of the molecule is Cc1nc(CO)cc(N)c1C(F)F. The lowest BCUT2D eigenvalue weighted by Gasteiger charge is -2.09. The minimum Gasteiger partial charge on any atom is -0.398 e. The number of anilines is 1. The second-order valence-electron chi connectivity index (χ2n) is 2.66. The number of halogens is 2. The number of hydrogen-bond donors (Lipinski definition) is 2. The summed E-state index contributed by atoms with van der Waals surface area (Å²) < 4.78 is 24.7. The highest BCUT2D eigenvalue weighted by Crippen LogP contribution is 2.27. The van der Waals surface area contributed by atoms with Crippen LogP contribution < -0.4 is 5.73 Å². The van der Waals surface area contributed by atoms with Gasteiger partial charge in [-0.25, -0.2) is 8.78 Å². The third-order valence-corrected chi connectivity index (χ3v) is 1.71. The molecule has 1 aromatic rings. The molecule has 0 unspecified atom stereocenters. The Hall–Kier alpha value is -1.23. The van der Waals surface area contributed by atoms with Gasteiger partial charge < -0.3 is 10.8 Å². The number of aromatic nitrogens is 1. The van der Waals surface area contributed by atoms with Gasteiger partial charge in [0.15, 0.2) is 0 Å². The maximum Gasteiger partial charge on any atom is 0.267 e. The van der Waals surface area contributed by atoms with Crippen LogP contribution in [0.2, 0.25) is 0 Å². The molecule has 13 heavy (non-hydrogen) atoms. The third-order valence-electron chi connectivity index (χ3n) is 1.71. The molecular formula is C8H10F2N2O. The van der Waals surface area contributed by atoms with Crippen LogP contribution in [0.5, 0.6) is 0 Å². The van der Waals surface area contributed by atoms with Crippen LogP contribution in [-0.4, -0.2) is 10.1 Å². The lowest BCUT2D eigenvalue weighted by molar-refractivity contribution is 0.150. The number of aryl methyl sites for hydroxylation is 1. The van der Waals surface area contributed by atoms with Gasteiger partial charge in [0.1, 0.15) is 0 Å². The Morgan fingerprint density at radius 3 is 2.62 bits per heavy atom. The number of nitrogens with zero attached hydrogens (tertiary/aromatic N) is 1. The second-order valence-corrected chi connectivity index (χ2v) is 2.66. The monoisotopic (exact) mass is 188 g/mol. The van der Waals surface area contributed by atoms with E-state index >= 15 is 0 Å². The molecule has 0 amide bonds. The maximum absolute atomic E-state index is 12.3. The topological polar surface area (TPSA) is 59.1 Å². The van der Waals surface area contributed by atoms with E-state index in [1.165, 1.54) is 13.0 Å². The molecule has 0 saturated heterocycles. The zero-order valence-corrected chi connectivity index (χ0v) is 7.09. The van der Waals surface area contributed by atoms with E-state index in [1.54, 1.807) is 0 Å². The van der Waals surface area contributed by atoms with Crippen molar-refractivity contribution in [2.24, 2.45) is 0 Å². The number of nitrogen functional groups attached to an aromatic ring is 1. The van der Waals surface area contributed by atoms with Crippen molar-refractivity contribution in [1.29, 1.82) is 0 Å². The molecule has 5 heteroatoms. The van der Waals surface area contributed by atoms with Crippen LogP contribution >= 0.6 is 0 Å². The number of pyridine rings is 1. The van der Waals surface area contributed by atoms with Gasteiger partial charge in [0.2, 0.25) is 0 Å². The van der Waals surface area contributed by atoms with Crippen LogP contribution in [0.3, 0.4) is 0 Å². The maximum atomic E-state index is 12.3. The number of rotatable bonds is 2. The van der Waals surface area contributed by atoms with Gasteiger partial charge in [0.25, 0.3) is 6.43 Å². The van der Waals surface area contributed by atoms with E-state index in [-0.39, 0.29) is 23.6 Å². The molecule has 0 fully saturated rings. The van der Waals surface area contributed by atoms with Crippen molar-refractivity contribution >= 4 is 5.69 Å². The van der Waals surface area contributed by atoms with E-state index in [1.807, 2.05) is 0 Å². The number of hydrogen-bond acceptors (Lipinski definition) is 3. The molecule has 0 atom stereocenters. The van der Waals surface area contributed by atoms with Gasteiger partial charge in [-0.3, -0.25) is 4.98 Å². The molecular weight excluding hydrogens is 178 g/mol. The summed E-state index contributed by atoms with van der Waals surface area (Å²) in [6.45, 7) is 1.14. The first-order valence-electron chi connectivity index (χ1n) is 3.71.